The molecule has 0 amide bonds. The van der Waals surface area contributed by atoms with E-state index in [9.17, 15) is 5.26 Å². The number of nitrogens with zero attached hydrogens (tertiary/aromatic N) is 3. The quantitative estimate of drug-likeness (QED) is 0.922. The van der Waals surface area contributed by atoms with Crippen LogP contribution in [-0.2, 0) is 19.5 Å². The number of aryl methyl sites for hydroxylation is 1. The number of nitrogens with one attached hydrogen (secondary N) is 1. The van der Waals surface area contributed by atoms with Crippen molar-refractivity contribution in [3.63, 3.8) is 0 Å². The summed E-state index contributed by atoms with van der Waals surface area (Å²) in [6.07, 6.45) is 5.43. The molecule has 1 aromatic carbocycles. The molecule has 0 spiro atoms. The van der Waals surface area contributed by atoms with Crippen LogP contribution in [0, 0.1) is 11.3 Å². The van der Waals surface area contributed by atoms with Gasteiger partial charge < -0.3 is 10.1 Å². The summed E-state index contributed by atoms with van der Waals surface area (Å²) < 4.78 is 7.29. The van der Waals surface area contributed by atoms with Gasteiger partial charge in [0.25, 0.3) is 0 Å². The lowest BCUT2D eigenvalue weighted by atomic mass is 9.92. The Bertz CT molecular complexity index is 729. The number of hydrogen-bond donors (Lipinski definition) is 1. The zero-order valence-corrected chi connectivity index (χ0v) is 13.7. The van der Waals surface area contributed by atoms with Gasteiger partial charge in [0.05, 0.1) is 18.9 Å². The van der Waals surface area contributed by atoms with E-state index in [1.165, 1.54) is 17.7 Å². The smallest absolute Gasteiger partial charge is 0.136 e. The summed E-state index contributed by atoms with van der Waals surface area (Å²) in [6, 6.07) is 8.28. The molecule has 1 aromatic heterocycles. The van der Waals surface area contributed by atoms with E-state index in [4.69, 9.17) is 4.74 Å². The van der Waals surface area contributed by atoms with Crippen molar-refractivity contribution in [1.82, 2.24) is 15.1 Å². The van der Waals surface area contributed by atoms with Crippen molar-refractivity contribution in [2.45, 2.75) is 45.3 Å². The summed E-state index contributed by atoms with van der Waals surface area (Å²) in [5.41, 5.74) is 4.36. The van der Waals surface area contributed by atoms with E-state index in [2.05, 4.69) is 28.1 Å². The molecule has 0 radical (unpaired) electrons. The van der Waals surface area contributed by atoms with Gasteiger partial charge in [0, 0.05) is 30.4 Å². The topological polar surface area (TPSA) is 62.9 Å². The third kappa shape index (κ3) is 3.08. The molecule has 5 nitrogen and oxygen atoms in total. The molecule has 1 aliphatic carbocycles. The van der Waals surface area contributed by atoms with Crippen molar-refractivity contribution in [3.8, 4) is 11.8 Å². The van der Waals surface area contributed by atoms with Crippen LogP contribution in [0.1, 0.15) is 48.2 Å². The largest absolute Gasteiger partial charge is 0.495 e. The maximum Gasteiger partial charge on any atom is 0.136 e. The Morgan fingerprint density at radius 1 is 1.48 bits per heavy atom. The van der Waals surface area contributed by atoms with Crippen molar-refractivity contribution < 1.29 is 4.74 Å². The summed E-state index contributed by atoms with van der Waals surface area (Å²) in [6.45, 7) is 3.79. The highest BCUT2D eigenvalue weighted by Gasteiger charge is 2.23. The van der Waals surface area contributed by atoms with Gasteiger partial charge in [-0.3, -0.25) is 4.68 Å². The van der Waals surface area contributed by atoms with Crippen LogP contribution in [0.3, 0.4) is 0 Å². The fourth-order valence-electron chi connectivity index (χ4n) is 3.30. The first kappa shape index (κ1) is 15.6. The molecule has 23 heavy (non-hydrogen) atoms. The lowest BCUT2D eigenvalue weighted by Crippen LogP contribution is -2.25. The van der Waals surface area contributed by atoms with E-state index in [1.807, 2.05) is 24.4 Å². The second-order valence-electron chi connectivity index (χ2n) is 5.83. The molecule has 1 N–H and O–H groups in total. The van der Waals surface area contributed by atoms with Crippen molar-refractivity contribution in [1.29, 1.82) is 5.26 Å². The Labute approximate surface area is 136 Å². The second-order valence-corrected chi connectivity index (χ2v) is 5.83. The number of fused-ring (bicyclic) bond motifs is 1. The minimum atomic E-state index is 0.340. The lowest BCUT2D eigenvalue weighted by Gasteiger charge is -2.24. The molecule has 1 aliphatic rings. The van der Waals surface area contributed by atoms with Gasteiger partial charge in [0.1, 0.15) is 11.8 Å². The van der Waals surface area contributed by atoms with Gasteiger partial charge >= 0.3 is 0 Å². The Morgan fingerprint density at radius 2 is 2.35 bits per heavy atom. The summed E-state index contributed by atoms with van der Waals surface area (Å²) in [4.78, 5) is 0. The van der Waals surface area contributed by atoms with Gasteiger partial charge in [0.2, 0.25) is 0 Å². The Morgan fingerprint density at radius 3 is 3.09 bits per heavy atom. The van der Waals surface area contributed by atoms with Gasteiger partial charge in [-0.25, -0.2) is 0 Å². The van der Waals surface area contributed by atoms with Crippen molar-refractivity contribution in [2.24, 2.45) is 0 Å². The van der Waals surface area contributed by atoms with Crippen LogP contribution in [0.15, 0.2) is 24.4 Å². The predicted molar refractivity (Wildman–Crippen MR) is 88.1 cm³/mol. The minimum Gasteiger partial charge on any atom is -0.495 e. The SMILES string of the molecule is CCn1ncc2c1CCC[C@@H]2NCc1ccc(OC)c(C#N)c1. The fraction of sp³-hybridized carbons (Fsp3) is 0.444. The summed E-state index contributed by atoms with van der Waals surface area (Å²) in [5.74, 6) is 0.625. The van der Waals surface area contributed by atoms with E-state index < -0.39 is 0 Å². The van der Waals surface area contributed by atoms with E-state index in [1.54, 1.807) is 7.11 Å². The van der Waals surface area contributed by atoms with E-state index >= 15 is 0 Å². The van der Waals surface area contributed by atoms with Gasteiger partial charge in [-0.05, 0) is 43.9 Å². The highest BCUT2D eigenvalue weighted by Crippen LogP contribution is 2.30. The standard InChI is InChI=1S/C18H22N4O/c1-3-22-17-6-4-5-16(15(17)12-21-22)20-11-13-7-8-18(23-2)14(9-13)10-19/h7-9,12,16,20H,3-6,11H2,1-2H3/t16-/m0/s1. The van der Waals surface area contributed by atoms with E-state index in [-0.39, 0.29) is 0 Å². The zero-order chi connectivity index (χ0) is 16.2. The van der Waals surface area contributed by atoms with Gasteiger partial charge in [0.15, 0.2) is 0 Å². The van der Waals surface area contributed by atoms with Crippen LogP contribution in [-0.4, -0.2) is 16.9 Å². The number of hydrogen-bond acceptors (Lipinski definition) is 4. The highest BCUT2D eigenvalue weighted by atomic mass is 16.5. The predicted octanol–water partition coefficient (Wildman–Crippen LogP) is 2.95. The van der Waals surface area contributed by atoms with Crippen LogP contribution in [0.4, 0.5) is 0 Å². The Hall–Kier alpha value is -2.32. The molecule has 0 fully saturated rings. The molecule has 2 aromatic rings. The Kier molecular flexibility index (Phi) is 4.63. The molecular formula is C18H22N4O. The normalized spacial score (nSPS) is 16.7. The first-order valence-electron chi connectivity index (χ1n) is 8.11. The first-order valence-corrected chi connectivity index (χ1v) is 8.11. The minimum absolute atomic E-state index is 0.340. The fourth-order valence-corrected chi connectivity index (χ4v) is 3.30. The molecule has 1 atom stereocenters. The van der Waals surface area contributed by atoms with E-state index in [0.717, 1.165) is 31.5 Å². The van der Waals surface area contributed by atoms with Crippen LogP contribution >= 0.6 is 0 Å². The number of aromatic nitrogens is 2. The first-order chi connectivity index (χ1) is 11.3. The Balaban J connectivity index is 1.73. The molecule has 0 bridgehead atoms. The number of methoxy groups -OCH3 is 1. The molecule has 0 aliphatic heterocycles. The van der Waals surface area contributed by atoms with Crippen LogP contribution < -0.4 is 10.1 Å². The number of nitriles is 1. The number of ether oxygens (including phenoxy) is 1. The third-order valence-electron chi connectivity index (χ3n) is 4.50. The number of rotatable bonds is 5. The maximum absolute atomic E-state index is 9.19. The molecule has 0 unspecified atom stereocenters. The number of benzene rings is 1. The summed E-state index contributed by atoms with van der Waals surface area (Å²) >= 11 is 0. The third-order valence-corrected chi connectivity index (χ3v) is 4.50. The van der Waals surface area contributed by atoms with Crippen molar-refractivity contribution in [2.75, 3.05) is 7.11 Å². The summed E-state index contributed by atoms with van der Waals surface area (Å²) in [5, 5.41) is 17.3. The molecule has 5 heteroatoms. The molecule has 1 heterocycles. The molecule has 3 rings (SSSR count). The van der Waals surface area contributed by atoms with Gasteiger partial charge in [-0.1, -0.05) is 6.07 Å². The van der Waals surface area contributed by atoms with Crippen LogP contribution in [0.5, 0.6) is 5.75 Å². The lowest BCUT2D eigenvalue weighted by molar-refractivity contribution is 0.413. The molecule has 120 valence electrons. The molecule has 0 saturated carbocycles. The summed E-state index contributed by atoms with van der Waals surface area (Å²) in [7, 11) is 1.59. The molecular weight excluding hydrogens is 288 g/mol. The van der Waals surface area contributed by atoms with Crippen LogP contribution in [0.25, 0.3) is 0 Å². The van der Waals surface area contributed by atoms with Crippen molar-refractivity contribution >= 4 is 0 Å². The molecule has 0 saturated heterocycles. The zero-order valence-electron chi connectivity index (χ0n) is 13.7. The van der Waals surface area contributed by atoms with E-state index in [0.29, 0.717) is 17.4 Å². The average molecular weight is 310 g/mol. The monoisotopic (exact) mass is 310 g/mol. The average Bonchev–Trinajstić information content (AvgIpc) is 3.03. The maximum atomic E-state index is 9.19. The van der Waals surface area contributed by atoms with Gasteiger partial charge in [-0.2, -0.15) is 10.4 Å². The van der Waals surface area contributed by atoms with Gasteiger partial charge in [-0.15, -0.1) is 0 Å². The van der Waals surface area contributed by atoms with Crippen LogP contribution in [0.2, 0.25) is 0 Å². The second kappa shape index (κ2) is 6.84. The highest BCUT2D eigenvalue weighted by molar-refractivity contribution is 5.45. The van der Waals surface area contributed by atoms with Crippen molar-refractivity contribution in [3.05, 3.63) is 46.8 Å².